The number of carbonyl (C=O) groups excluding carboxylic acids is 2. The molecule has 0 radical (unpaired) electrons. The fourth-order valence-electron chi connectivity index (χ4n) is 3.14. The van der Waals surface area contributed by atoms with Crippen LogP contribution in [-0.2, 0) is 20.9 Å². The zero-order valence-electron chi connectivity index (χ0n) is 15.8. The molecular weight excluding hydrogens is 381 g/mol. The largest absolute Gasteiger partial charge is 0.383 e. The Labute approximate surface area is 167 Å². The number of nitrogens with one attached hydrogen (secondary N) is 1. The van der Waals surface area contributed by atoms with Crippen LogP contribution in [0, 0.1) is 19.7 Å². The van der Waals surface area contributed by atoms with Gasteiger partial charge in [-0.3, -0.25) is 19.8 Å². The molecule has 2 aromatic rings. The van der Waals surface area contributed by atoms with Gasteiger partial charge in [-0.25, -0.2) is 4.39 Å². The van der Waals surface area contributed by atoms with Crippen molar-refractivity contribution in [3.63, 3.8) is 0 Å². The Morgan fingerprint density at radius 2 is 1.89 bits per heavy atom. The Hall–Kier alpha value is -2.84. The summed E-state index contributed by atoms with van der Waals surface area (Å²) in [5.74, 6) is -1.54. The average Bonchev–Trinajstić information content (AvgIpc) is 2.91. The minimum Gasteiger partial charge on any atom is -0.383 e. The third-order valence-corrected chi connectivity index (χ3v) is 4.90. The number of hydrogen-bond donors (Lipinski definition) is 1. The quantitative estimate of drug-likeness (QED) is 0.475. The summed E-state index contributed by atoms with van der Waals surface area (Å²) in [7, 11) is 1.63. The maximum Gasteiger partial charge on any atom is 0.270 e. The van der Waals surface area contributed by atoms with Crippen molar-refractivity contribution in [2.75, 3.05) is 18.6 Å². The number of anilines is 1. The van der Waals surface area contributed by atoms with Crippen molar-refractivity contribution in [1.82, 2.24) is 9.88 Å². The van der Waals surface area contributed by atoms with E-state index in [1.54, 1.807) is 13.2 Å². The molecule has 1 aliphatic rings. The molecule has 2 amide bonds. The van der Waals surface area contributed by atoms with E-state index in [9.17, 15) is 14.0 Å². The summed E-state index contributed by atoms with van der Waals surface area (Å²) in [6, 6.07) is 7.24. The molecule has 0 atom stereocenters. The second kappa shape index (κ2) is 8.04. The molecule has 28 heavy (non-hydrogen) atoms. The van der Waals surface area contributed by atoms with Gasteiger partial charge < -0.3 is 9.30 Å². The zero-order chi connectivity index (χ0) is 20.4. The van der Waals surface area contributed by atoms with Crippen LogP contribution >= 0.6 is 12.2 Å². The van der Waals surface area contributed by atoms with Gasteiger partial charge in [0.25, 0.3) is 11.8 Å². The van der Waals surface area contributed by atoms with Crippen LogP contribution in [0.25, 0.3) is 6.08 Å². The highest BCUT2D eigenvalue weighted by molar-refractivity contribution is 7.80. The second-order valence-electron chi connectivity index (χ2n) is 6.41. The van der Waals surface area contributed by atoms with Crippen molar-refractivity contribution in [1.29, 1.82) is 0 Å². The predicted molar refractivity (Wildman–Crippen MR) is 108 cm³/mol. The molecule has 1 N–H and O–H groups in total. The number of benzene rings is 1. The molecule has 2 heterocycles. The van der Waals surface area contributed by atoms with E-state index in [-0.39, 0.29) is 10.7 Å². The standard InChI is InChI=1S/C20H20FN3O3S/c1-12-10-14(13(2)23(12)8-9-27-3)11-17-18(25)22-20(28)24(19(17)26)16-6-4-15(21)5-7-16/h4-7,10-11H,8-9H2,1-3H3,(H,22,25,28). The molecule has 146 valence electrons. The fourth-order valence-corrected chi connectivity index (χ4v) is 3.42. The van der Waals surface area contributed by atoms with Gasteiger partial charge in [0, 0.05) is 25.0 Å². The van der Waals surface area contributed by atoms with Gasteiger partial charge in [0.05, 0.1) is 12.3 Å². The van der Waals surface area contributed by atoms with Crippen LogP contribution in [0.15, 0.2) is 35.9 Å². The van der Waals surface area contributed by atoms with E-state index < -0.39 is 17.6 Å². The topological polar surface area (TPSA) is 63.6 Å². The molecule has 0 aliphatic carbocycles. The van der Waals surface area contributed by atoms with Crippen LogP contribution in [0.5, 0.6) is 0 Å². The van der Waals surface area contributed by atoms with Gasteiger partial charge in [-0.1, -0.05) is 0 Å². The Bertz CT molecular complexity index is 979. The first-order chi connectivity index (χ1) is 13.3. The van der Waals surface area contributed by atoms with Gasteiger partial charge in [0.2, 0.25) is 0 Å². The van der Waals surface area contributed by atoms with Crippen molar-refractivity contribution in [2.45, 2.75) is 20.4 Å². The number of nitrogens with zero attached hydrogens (tertiary/aromatic N) is 2. The van der Waals surface area contributed by atoms with E-state index in [0.29, 0.717) is 18.8 Å². The first-order valence-electron chi connectivity index (χ1n) is 8.66. The minimum absolute atomic E-state index is 0.0371. The van der Waals surface area contributed by atoms with Crippen LogP contribution < -0.4 is 10.2 Å². The van der Waals surface area contributed by atoms with Crippen LogP contribution in [0.2, 0.25) is 0 Å². The van der Waals surface area contributed by atoms with E-state index >= 15 is 0 Å². The lowest BCUT2D eigenvalue weighted by Crippen LogP contribution is -2.54. The first-order valence-corrected chi connectivity index (χ1v) is 9.07. The maximum absolute atomic E-state index is 13.2. The summed E-state index contributed by atoms with van der Waals surface area (Å²) >= 11 is 5.15. The van der Waals surface area contributed by atoms with Crippen molar-refractivity contribution < 1.29 is 18.7 Å². The third kappa shape index (κ3) is 3.74. The monoisotopic (exact) mass is 401 g/mol. The Balaban J connectivity index is 1.99. The molecule has 1 fully saturated rings. The summed E-state index contributed by atoms with van der Waals surface area (Å²) in [5.41, 5.74) is 3.02. The Morgan fingerprint density at radius 3 is 2.54 bits per heavy atom. The molecule has 8 heteroatoms. The van der Waals surface area contributed by atoms with Crippen LogP contribution in [-0.4, -0.2) is 35.2 Å². The number of ether oxygens (including phenoxy) is 1. The lowest BCUT2D eigenvalue weighted by molar-refractivity contribution is -0.122. The average molecular weight is 401 g/mol. The molecule has 0 spiro atoms. The van der Waals surface area contributed by atoms with Gasteiger partial charge in [0.15, 0.2) is 5.11 Å². The van der Waals surface area contributed by atoms with Gasteiger partial charge in [-0.2, -0.15) is 0 Å². The number of rotatable bonds is 5. The molecule has 1 aliphatic heterocycles. The highest BCUT2D eigenvalue weighted by atomic mass is 32.1. The minimum atomic E-state index is -0.560. The summed E-state index contributed by atoms with van der Waals surface area (Å²) in [5, 5.41) is 2.49. The lowest BCUT2D eigenvalue weighted by Gasteiger charge is -2.28. The van der Waals surface area contributed by atoms with E-state index in [1.807, 2.05) is 19.9 Å². The van der Waals surface area contributed by atoms with E-state index in [4.69, 9.17) is 17.0 Å². The molecule has 0 saturated carbocycles. The molecule has 6 nitrogen and oxygen atoms in total. The summed E-state index contributed by atoms with van der Waals surface area (Å²) in [6.07, 6.45) is 1.56. The number of thiocarbonyl (C=S) groups is 1. The highest BCUT2D eigenvalue weighted by Crippen LogP contribution is 2.24. The van der Waals surface area contributed by atoms with Gasteiger partial charge >= 0.3 is 0 Å². The molecule has 0 unspecified atom stereocenters. The highest BCUT2D eigenvalue weighted by Gasteiger charge is 2.34. The molecule has 0 bridgehead atoms. The Morgan fingerprint density at radius 1 is 1.21 bits per heavy atom. The predicted octanol–water partition coefficient (Wildman–Crippen LogP) is 2.72. The van der Waals surface area contributed by atoms with Crippen molar-refractivity contribution in [3.8, 4) is 0 Å². The SMILES string of the molecule is COCCn1c(C)cc(C=C2C(=O)NC(=S)N(c3ccc(F)cc3)C2=O)c1C. The molecule has 1 aromatic carbocycles. The number of methoxy groups -OCH3 is 1. The fraction of sp³-hybridized carbons (Fsp3) is 0.250. The number of aromatic nitrogens is 1. The molecule has 3 rings (SSSR count). The summed E-state index contributed by atoms with van der Waals surface area (Å²) in [6.45, 7) is 5.09. The first kappa shape index (κ1) is 19.9. The third-order valence-electron chi connectivity index (χ3n) is 4.62. The lowest BCUT2D eigenvalue weighted by atomic mass is 10.1. The second-order valence-corrected chi connectivity index (χ2v) is 6.79. The number of halogens is 1. The summed E-state index contributed by atoms with van der Waals surface area (Å²) in [4.78, 5) is 26.6. The Kier molecular flexibility index (Phi) is 5.71. The number of carbonyl (C=O) groups is 2. The van der Waals surface area contributed by atoms with Crippen molar-refractivity contribution >= 4 is 40.9 Å². The van der Waals surface area contributed by atoms with Crippen molar-refractivity contribution in [2.24, 2.45) is 0 Å². The normalized spacial score (nSPS) is 16.1. The van der Waals surface area contributed by atoms with Crippen LogP contribution in [0.4, 0.5) is 10.1 Å². The number of aryl methyl sites for hydroxylation is 1. The zero-order valence-corrected chi connectivity index (χ0v) is 16.6. The number of hydrogen-bond acceptors (Lipinski definition) is 4. The van der Waals surface area contributed by atoms with Crippen LogP contribution in [0.3, 0.4) is 0 Å². The van der Waals surface area contributed by atoms with E-state index in [0.717, 1.165) is 17.0 Å². The maximum atomic E-state index is 13.2. The summed E-state index contributed by atoms with van der Waals surface area (Å²) < 4.78 is 20.4. The number of amides is 2. The van der Waals surface area contributed by atoms with Crippen LogP contribution in [0.1, 0.15) is 17.0 Å². The molecular formula is C20H20FN3O3S. The van der Waals surface area contributed by atoms with E-state index in [2.05, 4.69) is 9.88 Å². The van der Waals surface area contributed by atoms with Gasteiger partial charge in [-0.05, 0) is 68.0 Å². The smallest absolute Gasteiger partial charge is 0.270 e. The van der Waals surface area contributed by atoms with E-state index in [1.165, 1.54) is 29.2 Å². The van der Waals surface area contributed by atoms with Gasteiger partial charge in [-0.15, -0.1) is 0 Å². The molecule has 1 saturated heterocycles. The van der Waals surface area contributed by atoms with Crippen molar-refractivity contribution in [3.05, 3.63) is 58.7 Å². The van der Waals surface area contributed by atoms with Gasteiger partial charge in [0.1, 0.15) is 11.4 Å². The molecule has 1 aromatic heterocycles.